The minimum absolute atomic E-state index is 0.212. The summed E-state index contributed by atoms with van der Waals surface area (Å²) in [6.45, 7) is 4.44. The van der Waals surface area contributed by atoms with Crippen LogP contribution in [0.15, 0.2) is 116 Å². The normalized spacial score (nSPS) is 15.5. The molecule has 0 fully saturated rings. The Morgan fingerprint density at radius 2 is 1.06 bits per heavy atom. The van der Waals surface area contributed by atoms with Crippen molar-refractivity contribution in [2.75, 3.05) is 9.80 Å². The Bertz CT molecular complexity index is 1190. The van der Waals surface area contributed by atoms with Gasteiger partial charge >= 0.3 is 0 Å². The number of nitrogens with zero attached hydrogens (tertiary/aromatic N) is 2. The molecule has 2 nitrogen and oxygen atoms in total. The molecule has 0 radical (unpaired) electrons. The van der Waals surface area contributed by atoms with Crippen LogP contribution in [-0.4, -0.2) is 6.17 Å². The number of hydrogen-bond acceptors (Lipinski definition) is 2. The lowest BCUT2D eigenvalue weighted by Crippen LogP contribution is -2.36. The molecule has 0 bridgehead atoms. The zero-order valence-corrected chi connectivity index (χ0v) is 17.9. The molecule has 1 aliphatic heterocycles. The Hall–Kier alpha value is -3.78. The first-order valence-corrected chi connectivity index (χ1v) is 10.8. The third kappa shape index (κ3) is 3.73. The lowest BCUT2D eigenvalue weighted by atomic mass is 10.0. The summed E-state index contributed by atoms with van der Waals surface area (Å²) < 4.78 is 0. The fraction of sp³-hybridized carbons (Fsp3) is 0.103. The fourth-order valence-corrected chi connectivity index (χ4v) is 4.32. The van der Waals surface area contributed by atoms with E-state index < -0.39 is 0 Å². The monoisotopic (exact) mass is 402 g/mol. The van der Waals surface area contributed by atoms with E-state index in [9.17, 15) is 0 Å². The van der Waals surface area contributed by atoms with E-state index in [1.54, 1.807) is 0 Å². The largest absolute Gasteiger partial charge is 0.326 e. The molecule has 1 atom stereocenters. The Labute approximate surface area is 184 Å². The van der Waals surface area contributed by atoms with Gasteiger partial charge in [-0.05, 0) is 65.9 Å². The van der Waals surface area contributed by atoms with E-state index >= 15 is 0 Å². The lowest BCUT2D eigenvalue weighted by molar-refractivity contribution is 0.748. The van der Waals surface area contributed by atoms with Gasteiger partial charge in [0.15, 0.2) is 0 Å². The van der Waals surface area contributed by atoms with Gasteiger partial charge in [0.2, 0.25) is 0 Å². The Balaban J connectivity index is 1.36. The van der Waals surface area contributed by atoms with Gasteiger partial charge in [-0.25, -0.2) is 0 Å². The topological polar surface area (TPSA) is 6.48 Å². The Kier molecular flexibility index (Phi) is 5.05. The van der Waals surface area contributed by atoms with Crippen LogP contribution in [0.4, 0.5) is 11.4 Å². The molecule has 0 aromatic heterocycles. The van der Waals surface area contributed by atoms with Crippen molar-refractivity contribution in [1.82, 2.24) is 0 Å². The molecule has 4 aromatic rings. The Morgan fingerprint density at radius 3 is 1.68 bits per heavy atom. The third-order valence-corrected chi connectivity index (χ3v) is 6.05. The molecule has 0 saturated heterocycles. The van der Waals surface area contributed by atoms with E-state index in [2.05, 4.69) is 139 Å². The smallest absolute Gasteiger partial charge is 0.107 e. The second-order valence-electron chi connectivity index (χ2n) is 8.02. The zero-order chi connectivity index (χ0) is 21.2. The number of benzene rings is 4. The van der Waals surface area contributed by atoms with Gasteiger partial charge in [-0.1, -0.05) is 78.9 Å². The lowest BCUT2D eigenvalue weighted by Gasteiger charge is -2.31. The first-order chi connectivity index (χ1) is 15.2. The molecule has 0 amide bonds. The third-order valence-electron chi connectivity index (χ3n) is 6.05. The van der Waals surface area contributed by atoms with Gasteiger partial charge in [-0.3, -0.25) is 0 Å². The van der Waals surface area contributed by atoms with E-state index in [1.807, 2.05) is 0 Å². The van der Waals surface area contributed by atoms with Crippen molar-refractivity contribution in [2.45, 2.75) is 20.0 Å². The van der Waals surface area contributed by atoms with Gasteiger partial charge in [-0.2, -0.15) is 0 Å². The van der Waals surface area contributed by atoms with Crippen LogP contribution in [-0.2, 0) is 0 Å². The molecular formula is C29H26N2. The average Bonchev–Trinajstić information content (AvgIpc) is 3.21. The second-order valence-corrected chi connectivity index (χ2v) is 8.02. The number of aryl methyl sites for hydroxylation is 1. The van der Waals surface area contributed by atoms with E-state index in [0.29, 0.717) is 0 Å². The summed E-state index contributed by atoms with van der Waals surface area (Å²) in [6, 6.07) is 36.6. The summed E-state index contributed by atoms with van der Waals surface area (Å²) in [7, 11) is 0. The van der Waals surface area contributed by atoms with E-state index in [1.165, 1.54) is 39.2 Å². The second kappa shape index (κ2) is 8.16. The van der Waals surface area contributed by atoms with Gasteiger partial charge < -0.3 is 9.80 Å². The predicted molar refractivity (Wildman–Crippen MR) is 132 cm³/mol. The van der Waals surface area contributed by atoms with Crippen molar-refractivity contribution < 1.29 is 0 Å². The van der Waals surface area contributed by atoms with Gasteiger partial charge in [0.05, 0.1) is 0 Å². The van der Waals surface area contributed by atoms with Gasteiger partial charge in [0, 0.05) is 23.8 Å². The van der Waals surface area contributed by atoms with Gasteiger partial charge in [-0.15, -0.1) is 0 Å². The highest BCUT2D eigenvalue weighted by Crippen LogP contribution is 2.34. The van der Waals surface area contributed by atoms with E-state index in [-0.39, 0.29) is 6.17 Å². The summed E-state index contributed by atoms with van der Waals surface area (Å²) in [5.41, 5.74) is 8.71. The zero-order valence-electron chi connectivity index (χ0n) is 17.9. The van der Waals surface area contributed by atoms with E-state index in [4.69, 9.17) is 0 Å². The van der Waals surface area contributed by atoms with Crippen molar-refractivity contribution in [2.24, 2.45) is 0 Å². The standard InChI is InChI=1S/C29H26N2/c1-22-21-27(25-11-7-4-8-12-25)15-18-29(22)31-20-19-30(23(31)2)28-16-13-26(14-17-28)24-9-5-3-6-10-24/h3-21,23H,1-2H3. The van der Waals surface area contributed by atoms with E-state index in [0.717, 1.165) is 0 Å². The van der Waals surface area contributed by atoms with Crippen LogP contribution >= 0.6 is 0 Å². The highest BCUT2D eigenvalue weighted by atomic mass is 15.4. The van der Waals surface area contributed by atoms with Crippen molar-refractivity contribution in [3.63, 3.8) is 0 Å². The van der Waals surface area contributed by atoms with Crippen LogP contribution < -0.4 is 9.80 Å². The van der Waals surface area contributed by atoms with Crippen molar-refractivity contribution in [3.8, 4) is 22.3 Å². The first kappa shape index (κ1) is 19.2. The highest BCUT2D eigenvalue weighted by molar-refractivity contribution is 5.72. The molecule has 31 heavy (non-hydrogen) atoms. The fourth-order valence-electron chi connectivity index (χ4n) is 4.32. The first-order valence-electron chi connectivity index (χ1n) is 10.8. The SMILES string of the molecule is Cc1cc(-c2ccccc2)ccc1N1C=CN(c2ccc(-c3ccccc3)cc2)C1C. The number of anilines is 2. The molecule has 2 heteroatoms. The maximum Gasteiger partial charge on any atom is 0.107 e. The number of rotatable bonds is 4. The van der Waals surface area contributed by atoms with Crippen LogP contribution in [0.1, 0.15) is 12.5 Å². The molecule has 5 rings (SSSR count). The molecule has 0 spiro atoms. The summed E-state index contributed by atoms with van der Waals surface area (Å²) in [5, 5.41) is 0. The van der Waals surface area contributed by atoms with Crippen LogP contribution in [0.25, 0.3) is 22.3 Å². The molecule has 1 heterocycles. The number of hydrogen-bond donors (Lipinski definition) is 0. The summed E-state index contributed by atoms with van der Waals surface area (Å²) in [5.74, 6) is 0. The van der Waals surface area contributed by atoms with Crippen LogP contribution in [0, 0.1) is 6.92 Å². The quantitative estimate of drug-likeness (QED) is 0.349. The molecular weight excluding hydrogens is 376 g/mol. The summed E-state index contributed by atoms with van der Waals surface area (Å²) in [6.07, 6.45) is 4.57. The summed E-state index contributed by atoms with van der Waals surface area (Å²) in [4.78, 5) is 4.66. The van der Waals surface area contributed by atoms with Crippen molar-refractivity contribution >= 4 is 11.4 Å². The molecule has 0 saturated carbocycles. The van der Waals surface area contributed by atoms with Gasteiger partial charge in [0.25, 0.3) is 0 Å². The van der Waals surface area contributed by atoms with Crippen LogP contribution in [0.2, 0.25) is 0 Å². The molecule has 152 valence electrons. The van der Waals surface area contributed by atoms with Crippen LogP contribution in [0.3, 0.4) is 0 Å². The molecule has 4 aromatic carbocycles. The van der Waals surface area contributed by atoms with Crippen molar-refractivity contribution in [3.05, 3.63) is 121 Å². The van der Waals surface area contributed by atoms with Gasteiger partial charge in [0.1, 0.15) is 6.17 Å². The van der Waals surface area contributed by atoms with Crippen LogP contribution in [0.5, 0.6) is 0 Å². The average molecular weight is 403 g/mol. The minimum atomic E-state index is 0.212. The van der Waals surface area contributed by atoms with Crippen molar-refractivity contribution in [1.29, 1.82) is 0 Å². The molecule has 1 aliphatic rings. The predicted octanol–water partition coefficient (Wildman–Crippen LogP) is 7.47. The summed E-state index contributed by atoms with van der Waals surface area (Å²) >= 11 is 0. The maximum absolute atomic E-state index is 2.34. The molecule has 0 N–H and O–H groups in total. The molecule has 0 aliphatic carbocycles. The maximum atomic E-state index is 2.34. The minimum Gasteiger partial charge on any atom is -0.326 e. The Morgan fingerprint density at radius 1 is 0.548 bits per heavy atom. The highest BCUT2D eigenvalue weighted by Gasteiger charge is 2.25. The molecule has 1 unspecified atom stereocenters.